The first-order valence-electron chi connectivity index (χ1n) is 6.62. The molecule has 1 unspecified atom stereocenters. The van der Waals surface area contributed by atoms with E-state index < -0.39 is 0 Å². The lowest BCUT2D eigenvalue weighted by Crippen LogP contribution is -2.38. The molecular formula is C14H22ClN3. The molecule has 1 aliphatic rings. The molecule has 2 rings (SSSR count). The predicted octanol–water partition coefficient (Wildman–Crippen LogP) is 2.84. The van der Waals surface area contributed by atoms with Crippen LogP contribution in [-0.2, 0) is 0 Å². The van der Waals surface area contributed by atoms with Gasteiger partial charge in [-0.15, -0.1) is 0 Å². The second kappa shape index (κ2) is 5.81. The Hall–Kier alpha value is -0.930. The first-order chi connectivity index (χ1) is 8.63. The van der Waals surface area contributed by atoms with Gasteiger partial charge in [0.1, 0.15) is 0 Å². The van der Waals surface area contributed by atoms with Gasteiger partial charge in [-0.25, -0.2) is 0 Å². The van der Waals surface area contributed by atoms with E-state index in [-0.39, 0.29) is 0 Å². The monoisotopic (exact) mass is 267 g/mol. The van der Waals surface area contributed by atoms with Gasteiger partial charge in [0.05, 0.1) is 16.4 Å². The molecule has 0 bridgehead atoms. The minimum absolute atomic E-state index is 0.637. The summed E-state index contributed by atoms with van der Waals surface area (Å²) >= 11 is 6.07. The van der Waals surface area contributed by atoms with Crippen molar-refractivity contribution in [2.24, 2.45) is 0 Å². The summed E-state index contributed by atoms with van der Waals surface area (Å²) in [6.45, 7) is 5.59. The van der Waals surface area contributed by atoms with E-state index in [1.807, 2.05) is 18.2 Å². The highest BCUT2D eigenvalue weighted by Gasteiger charge is 2.24. The van der Waals surface area contributed by atoms with Gasteiger partial charge < -0.3 is 10.6 Å². The van der Waals surface area contributed by atoms with Gasteiger partial charge in [-0.2, -0.15) is 0 Å². The van der Waals surface area contributed by atoms with Gasteiger partial charge in [0, 0.05) is 19.6 Å². The molecule has 0 spiro atoms. The molecule has 1 aliphatic heterocycles. The van der Waals surface area contributed by atoms with E-state index in [1.165, 1.54) is 19.4 Å². The van der Waals surface area contributed by atoms with Crippen LogP contribution in [-0.4, -0.2) is 37.6 Å². The zero-order valence-corrected chi connectivity index (χ0v) is 12.0. The third kappa shape index (κ3) is 2.73. The second-order valence-corrected chi connectivity index (χ2v) is 5.39. The van der Waals surface area contributed by atoms with E-state index >= 15 is 0 Å². The van der Waals surface area contributed by atoms with Crippen LogP contribution in [0.1, 0.15) is 19.8 Å². The number of halogens is 1. The number of anilines is 2. The van der Waals surface area contributed by atoms with Gasteiger partial charge in [-0.05, 0) is 38.1 Å². The van der Waals surface area contributed by atoms with Crippen molar-refractivity contribution in [2.45, 2.75) is 25.8 Å². The second-order valence-electron chi connectivity index (χ2n) is 4.98. The van der Waals surface area contributed by atoms with E-state index in [0.29, 0.717) is 16.8 Å². The molecule has 2 N–H and O–H groups in total. The molecule has 0 aliphatic carbocycles. The molecule has 1 aromatic carbocycles. The number of hydrogen-bond acceptors (Lipinski definition) is 3. The third-order valence-corrected chi connectivity index (χ3v) is 4.16. The van der Waals surface area contributed by atoms with E-state index in [2.05, 4.69) is 23.8 Å². The standard InChI is InChI=1S/C14H22ClN3/c1-3-18-9-5-6-11(18)10-17(2)13-8-4-7-12(15)14(13)16/h4,7-8,11H,3,5-6,9-10,16H2,1-2H3. The van der Waals surface area contributed by atoms with Crippen molar-refractivity contribution in [3.8, 4) is 0 Å². The lowest BCUT2D eigenvalue weighted by molar-refractivity contribution is 0.270. The maximum atomic E-state index is 6.07. The fourth-order valence-electron chi connectivity index (χ4n) is 2.79. The highest BCUT2D eigenvalue weighted by molar-refractivity contribution is 6.33. The van der Waals surface area contributed by atoms with Gasteiger partial charge in [0.2, 0.25) is 0 Å². The van der Waals surface area contributed by atoms with Crippen LogP contribution in [0, 0.1) is 0 Å². The fraction of sp³-hybridized carbons (Fsp3) is 0.571. The maximum absolute atomic E-state index is 6.07. The number of para-hydroxylation sites is 1. The summed E-state index contributed by atoms with van der Waals surface area (Å²) in [6, 6.07) is 6.46. The van der Waals surface area contributed by atoms with E-state index in [4.69, 9.17) is 17.3 Å². The maximum Gasteiger partial charge on any atom is 0.0741 e. The number of hydrogen-bond donors (Lipinski definition) is 1. The molecule has 1 aromatic rings. The van der Waals surface area contributed by atoms with Crippen LogP contribution in [0.3, 0.4) is 0 Å². The molecular weight excluding hydrogens is 246 g/mol. The van der Waals surface area contributed by atoms with Crippen molar-refractivity contribution in [1.29, 1.82) is 0 Å². The summed E-state index contributed by atoms with van der Waals surface area (Å²) in [4.78, 5) is 4.76. The SMILES string of the molecule is CCN1CCCC1CN(C)c1cccc(Cl)c1N. The van der Waals surface area contributed by atoms with E-state index in [9.17, 15) is 0 Å². The van der Waals surface area contributed by atoms with Crippen LogP contribution in [0.5, 0.6) is 0 Å². The number of likely N-dealkylation sites (tertiary alicyclic amines) is 1. The number of rotatable bonds is 4. The Balaban J connectivity index is 2.07. The first kappa shape index (κ1) is 13.5. The molecule has 1 saturated heterocycles. The molecule has 0 saturated carbocycles. The van der Waals surface area contributed by atoms with Crippen LogP contribution < -0.4 is 10.6 Å². The zero-order valence-electron chi connectivity index (χ0n) is 11.2. The topological polar surface area (TPSA) is 32.5 Å². The van der Waals surface area contributed by atoms with E-state index in [0.717, 1.165) is 18.8 Å². The van der Waals surface area contributed by atoms with E-state index in [1.54, 1.807) is 0 Å². The Kier molecular flexibility index (Phi) is 4.36. The first-order valence-corrected chi connectivity index (χ1v) is 7.00. The summed E-state index contributed by atoms with van der Waals surface area (Å²) in [5.74, 6) is 0. The molecule has 1 fully saturated rings. The Morgan fingerprint density at radius 2 is 2.28 bits per heavy atom. The molecule has 3 nitrogen and oxygen atoms in total. The normalized spacial score (nSPS) is 20.3. The van der Waals surface area contributed by atoms with Gasteiger partial charge in [0.15, 0.2) is 0 Å². The van der Waals surface area contributed by atoms with Crippen LogP contribution in [0.15, 0.2) is 18.2 Å². The Labute approximate surface area is 115 Å². The lowest BCUT2D eigenvalue weighted by Gasteiger charge is -2.29. The van der Waals surface area contributed by atoms with Crippen LogP contribution in [0.25, 0.3) is 0 Å². The molecule has 0 radical (unpaired) electrons. The van der Waals surface area contributed by atoms with Crippen molar-refractivity contribution in [3.63, 3.8) is 0 Å². The molecule has 4 heteroatoms. The molecule has 1 heterocycles. The van der Waals surface area contributed by atoms with Crippen LogP contribution in [0.2, 0.25) is 5.02 Å². The minimum atomic E-state index is 0.637. The molecule has 1 atom stereocenters. The Morgan fingerprint density at radius 3 is 3.00 bits per heavy atom. The number of nitrogen functional groups attached to an aromatic ring is 1. The number of nitrogens with zero attached hydrogens (tertiary/aromatic N) is 2. The van der Waals surface area contributed by atoms with Gasteiger partial charge >= 0.3 is 0 Å². The lowest BCUT2D eigenvalue weighted by atomic mass is 10.2. The van der Waals surface area contributed by atoms with Crippen LogP contribution in [0.4, 0.5) is 11.4 Å². The van der Waals surface area contributed by atoms with Crippen molar-refractivity contribution in [1.82, 2.24) is 4.90 Å². The number of likely N-dealkylation sites (N-methyl/N-ethyl adjacent to an activating group) is 2. The predicted molar refractivity (Wildman–Crippen MR) is 79.4 cm³/mol. The smallest absolute Gasteiger partial charge is 0.0741 e. The number of nitrogens with two attached hydrogens (primary N) is 1. The van der Waals surface area contributed by atoms with Crippen molar-refractivity contribution >= 4 is 23.0 Å². The van der Waals surface area contributed by atoms with Crippen molar-refractivity contribution < 1.29 is 0 Å². The van der Waals surface area contributed by atoms with Gasteiger partial charge in [-0.3, -0.25) is 4.90 Å². The summed E-state index contributed by atoms with van der Waals surface area (Å²) in [6.07, 6.45) is 2.58. The molecule has 0 aromatic heterocycles. The third-order valence-electron chi connectivity index (χ3n) is 3.83. The highest BCUT2D eigenvalue weighted by Crippen LogP contribution is 2.30. The Morgan fingerprint density at radius 1 is 1.50 bits per heavy atom. The van der Waals surface area contributed by atoms with Crippen LogP contribution >= 0.6 is 11.6 Å². The summed E-state index contributed by atoms with van der Waals surface area (Å²) < 4.78 is 0. The van der Waals surface area contributed by atoms with Crippen molar-refractivity contribution in [2.75, 3.05) is 37.3 Å². The van der Waals surface area contributed by atoms with Crippen molar-refractivity contribution in [3.05, 3.63) is 23.2 Å². The van der Waals surface area contributed by atoms with Gasteiger partial charge in [0.25, 0.3) is 0 Å². The summed E-state index contributed by atoms with van der Waals surface area (Å²) in [5, 5.41) is 0.637. The largest absolute Gasteiger partial charge is 0.396 e. The summed E-state index contributed by atoms with van der Waals surface area (Å²) in [5.41, 5.74) is 7.75. The fourth-order valence-corrected chi connectivity index (χ4v) is 2.96. The minimum Gasteiger partial charge on any atom is -0.396 e. The summed E-state index contributed by atoms with van der Waals surface area (Å²) in [7, 11) is 2.09. The molecule has 0 amide bonds. The molecule has 100 valence electrons. The van der Waals surface area contributed by atoms with Gasteiger partial charge in [-0.1, -0.05) is 24.6 Å². The zero-order chi connectivity index (χ0) is 13.1. The average Bonchev–Trinajstić information content (AvgIpc) is 2.79. The quantitative estimate of drug-likeness (QED) is 0.852. The Bertz CT molecular complexity index is 408. The number of benzene rings is 1. The highest BCUT2D eigenvalue weighted by atomic mass is 35.5. The average molecular weight is 268 g/mol. The molecule has 18 heavy (non-hydrogen) atoms.